The van der Waals surface area contributed by atoms with E-state index in [4.69, 9.17) is 10.2 Å². The molecule has 0 aliphatic heterocycles. The fraction of sp³-hybridized carbons (Fsp3) is 0.750. The van der Waals surface area contributed by atoms with Gasteiger partial charge in [-0.25, -0.2) is 0 Å². The molecular weight excluding hydrogens is 192 g/mol. The molecule has 0 aromatic carbocycles. The highest BCUT2D eigenvalue weighted by Gasteiger charge is 1.94. The normalized spacial score (nSPS) is 11.6. The van der Waals surface area contributed by atoms with Gasteiger partial charge in [-0.2, -0.15) is 0 Å². The first-order chi connectivity index (χ1) is 7.13. The van der Waals surface area contributed by atoms with Crippen molar-refractivity contribution in [2.24, 2.45) is 0 Å². The summed E-state index contributed by atoms with van der Waals surface area (Å²) in [5.74, 6) is 4.58. The molecule has 15 heavy (non-hydrogen) atoms. The largest absolute Gasteiger partial charge is 0.481 e. The molecule has 1 atom stereocenters. The van der Waals surface area contributed by atoms with Crippen LogP contribution in [0.25, 0.3) is 0 Å². The average Bonchev–Trinajstić information content (AvgIpc) is 2.14. The van der Waals surface area contributed by atoms with Gasteiger partial charge in [-0.15, -0.1) is 5.92 Å². The Bertz CT molecular complexity index is 223. The number of carboxylic acid groups (broad SMARTS) is 1. The SMILES string of the molecule is C[C@H](O)CCCCCCC#CCC(=O)O. The number of aliphatic hydroxyl groups is 1. The molecule has 3 heteroatoms. The van der Waals surface area contributed by atoms with Crippen molar-refractivity contribution in [1.82, 2.24) is 0 Å². The zero-order valence-electron chi connectivity index (χ0n) is 9.33. The minimum Gasteiger partial charge on any atom is -0.481 e. The van der Waals surface area contributed by atoms with Crippen LogP contribution in [0.1, 0.15) is 51.9 Å². The van der Waals surface area contributed by atoms with E-state index in [1.54, 1.807) is 6.92 Å². The summed E-state index contributed by atoms with van der Waals surface area (Å²) in [7, 11) is 0. The van der Waals surface area contributed by atoms with E-state index in [-0.39, 0.29) is 12.5 Å². The van der Waals surface area contributed by atoms with Gasteiger partial charge in [-0.1, -0.05) is 25.2 Å². The summed E-state index contributed by atoms with van der Waals surface area (Å²) in [6, 6.07) is 0. The van der Waals surface area contributed by atoms with E-state index < -0.39 is 5.97 Å². The molecule has 0 saturated heterocycles. The van der Waals surface area contributed by atoms with E-state index >= 15 is 0 Å². The molecule has 2 N–H and O–H groups in total. The van der Waals surface area contributed by atoms with Gasteiger partial charge in [0.15, 0.2) is 0 Å². The number of aliphatic carboxylic acids is 1. The number of carbonyl (C=O) groups is 1. The van der Waals surface area contributed by atoms with Crippen LogP contribution in [0.2, 0.25) is 0 Å². The van der Waals surface area contributed by atoms with Crippen molar-refractivity contribution in [2.75, 3.05) is 0 Å². The van der Waals surface area contributed by atoms with Crippen LogP contribution < -0.4 is 0 Å². The number of hydrogen-bond acceptors (Lipinski definition) is 2. The Morgan fingerprint density at radius 2 is 1.87 bits per heavy atom. The molecule has 0 aromatic heterocycles. The van der Waals surface area contributed by atoms with Crippen molar-refractivity contribution < 1.29 is 15.0 Å². The molecule has 0 aromatic rings. The van der Waals surface area contributed by atoms with Gasteiger partial charge in [0.25, 0.3) is 0 Å². The maximum Gasteiger partial charge on any atom is 0.315 e. The van der Waals surface area contributed by atoms with Crippen LogP contribution in [0.5, 0.6) is 0 Å². The molecule has 86 valence electrons. The standard InChI is InChI=1S/C12H20O3/c1-11(13)9-7-5-3-2-4-6-8-10-12(14)15/h11,13H,2-5,7,9-10H2,1H3,(H,14,15)/t11-/m0/s1. The Hall–Kier alpha value is -1.01. The van der Waals surface area contributed by atoms with Crippen molar-refractivity contribution in [2.45, 2.75) is 58.0 Å². The second kappa shape index (κ2) is 9.54. The lowest BCUT2D eigenvalue weighted by Gasteiger charge is -2.02. The minimum absolute atomic E-state index is 0.0535. The predicted molar refractivity (Wildman–Crippen MR) is 59.4 cm³/mol. The third-order valence-electron chi connectivity index (χ3n) is 2.04. The lowest BCUT2D eigenvalue weighted by Crippen LogP contribution is -1.98. The first-order valence-corrected chi connectivity index (χ1v) is 5.48. The summed E-state index contributed by atoms with van der Waals surface area (Å²) in [5.41, 5.74) is 0. The fourth-order valence-corrected chi connectivity index (χ4v) is 1.23. The molecule has 0 saturated carbocycles. The van der Waals surface area contributed by atoms with Crippen molar-refractivity contribution in [3.05, 3.63) is 0 Å². The van der Waals surface area contributed by atoms with Gasteiger partial charge in [-0.05, 0) is 19.8 Å². The summed E-state index contributed by atoms with van der Waals surface area (Å²) in [4.78, 5) is 10.1. The average molecular weight is 212 g/mol. The van der Waals surface area contributed by atoms with Crippen LogP contribution in [0, 0.1) is 11.8 Å². The Labute approximate surface area is 91.5 Å². The minimum atomic E-state index is -0.862. The first-order valence-electron chi connectivity index (χ1n) is 5.48. The van der Waals surface area contributed by atoms with E-state index in [1.807, 2.05) is 0 Å². The monoisotopic (exact) mass is 212 g/mol. The summed E-state index contributed by atoms with van der Waals surface area (Å²) in [5, 5.41) is 17.3. The van der Waals surface area contributed by atoms with Crippen LogP contribution in [-0.2, 0) is 4.79 Å². The Morgan fingerprint density at radius 3 is 2.47 bits per heavy atom. The van der Waals surface area contributed by atoms with Gasteiger partial charge in [0.2, 0.25) is 0 Å². The molecule has 0 rings (SSSR count). The lowest BCUT2D eigenvalue weighted by atomic mass is 10.1. The van der Waals surface area contributed by atoms with Gasteiger partial charge < -0.3 is 10.2 Å². The summed E-state index contributed by atoms with van der Waals surface area (Å²) >= 11 is 0. The topological polar surface area (TPSA) is 57.5 Å². The van der Waals surface area contributed by atoms with Crippen molar-refractivity contribution in [3.8, 4) is 11.8 Å². The van der Waals surface area contributed by atoms with Crippen LogP contribution in [0.3, 0.4) is 0 Å². The van der Waals surface area contributed by atoms with Crippen LogP contribution in [0.15, 0.2) is 0 Å². The third kappa shape index (κ3) is 13.0. The van der Waals surface area contributed by atoms with Gasteiger partial charge >= 0.3 is 5.97 Å². The molecule has 3 nitrogen and oxygen atoms in total. The molecule has 0 spiro atoms. The lowest BCUT2D eigenvalue weighted by molar-refractivity contribution is -0.135. The number of carboxylic acids is 1. The highest BCUT2D eigenvalue weighted by atomic mass is 16.4. The van der Waals surface area contributed by atoms with E-state index in [1.165, 1.54) is 0 Å². The maximum atomic E-state index is 10.1. The van der Waals surface area contributed by atoms with E-state index in [0.717, 1.165) is 38.5 Å². The Balaban J connectivity index is 3.16. The summed E-state index contributed by atoms with van der Waals surface area (Å²) in [6.45, 7) is 1.80. The third-order valence-corrected chi connectivity index (χ3v) is 2.04. The number of unbranched alkanes of at least 4 members (excludes halogenated alkanes) is 4. The van der Waals surface area contributed by atoms with E-state index in [2.05, 4.69) is 11.8 Å². The molecule has 0 fully saturated rings. The number of hydrogen-bond donors (Lipinski definition) is 2. The van der Waals surface area contributed by atoms with Crippen LogP contribution in [-0.4, -0.2) is 22.3 Å². The van der Waals surface area contributed by atoms with Gasteiger partial charge in [-0.3, -0.25) is 4.79 Å². The van der Waals surface area contributed by atoms with Crippen LogP contribution >= 0.6 is 0 Å². The van der Waals surface area contributed by atoms with Crippen molar-refractivity contribution in [1.29, 1.82) is 0 Å². The van der Waals surface area contributed by atoms with E-state index in [9.17, 15) is 4.79 Å². The molecule has 0 aliphatic carbocycles. The smallest absolute Gasteiger partial charge is 0.315 e. The van der Waals surface area contributed by atoms with E-state index in [0.29, 0.717) is 0 Å². The van der Waals surface area contributed by atoms with Crippen molar-refractivity contribution >= 4 is 5.97 Å². The fourth-order valence-electron chi connectivity index (χ4n) is 1.23. The molecular formula is C12H20O3. The maximum absolute atomic E-state index is 10.1. The summed E-state index contributed by atoms with van der Waals surface area (Å²) in [6.07, 6.45) is 5.70. The number of rotatable bonds is 7. The van der Waals surface area contributed by atoms with Gasteiger partial charge in [0.1, 0.15) is 6.42 Å². The molecule has 0 amide bonds. The second-order valence-corrected chi connectivity index (χ2v) is 3.73. The van der Waals surface area contributed by atoms with Gasteiger partial charge in [0.05, 0.1) is 6.10 Å². The second-order valence-electron chi connectivity index (χ2n) is 3.73. The highest BCUT2D eigenvalue weighted by molar-refractivity contribution is 5.69. The zero-order chi connectivity index (χ0) is 11.5. The number of aliphatic hydroxyl groups excluding tert-OH is 1. The predicted octanol–water partition coefficient (Wildman–Crippen LogP) is 2.19. The van der Waals surface area contributed by atoms with Gasteiger partial charge in [0, 0.05) is 6.42 Å². The Kier molecular flexibility index (Phi) is 8.90. The molecule has 0 heterocycles. The molecule has 0 radical (unpaired) electrons. The first kappa shape index (κ1) is 14.0. The zero-order valence-corrected chi connectivity index (χ0v) is 9.33. The highest BCUT2D eigenvalue weighted by Crippen LogP contribution is 2.06. The molecule has 0 bridgehead atoms. The quantitative estimate of drug-likeness (QED) is 0.502. The summed E-state index contributed by atoms with van der Waals surface area (Å²) < 4.78 is 0. The molecule has 0 aliphatic rings. The van der Waals surface area contributed by atoms with Crippen molar-refractivity contribution in [3.63, 3.8) is 0 Å². The van der Waals surface area contributed by atoms with Crippen LogP contribution in [0.4, 0.5) is 0 Å². The molecule has 0 unspecified atom stereocenters. The Morgan fingerprint density at radius 1 is 1.20 bits per heavy atom.